The molecule has 17 heavy (non-hydrogen) atoms. The lowest BCUT2D eigenvalue weighted by atomic mass is 10.2. The number of halogens is 1. The van der Waals surface area contributed by atoms with Gasteiger partial charge in [0.1, 0.15) is 0 Å². The van der Waals surface area contributed by atoms with Crippen molar-refractivity contribution >= 4 is 21.6 Å². The highest BCUT2D eigenvalue weighted by atomic mass is 79.9. The van der Waals surface area contributed by atoms with Crippen LogP contribution in [0.2, 0.25) is 0 Å². The molecule has 0 radical (unpaired) electrons. The summed E-state index contributed by atoms with van der Waals surface area (Å²) in [5, 5.41) is 0. The summed E-state index contributed by atoms with van der Waals surface area (Å²) in [4.78, 5) is 6.48. The van der Waals surface area contributed by atoms with E-state index in [1.54, 1.807) is 13.3 Å². The molecule has 0 bridgehead atoms. The van der Waals surface area contributed by atoms with Gasteiger partial charge in [-0.15, -0.1) is 0 Å². The molecule has 2 atom stereocenters. The van der Waals surface area contributed by atoms with Crippen molar-refractivity contribution in [1.82, 2.24) is 4.98 Å². The topological polar surface area (TPSA) is 34.6 Å². The molecule has 0 saturated carbocycles. The number of morpholine rings is 1. The van der Waals surface area contributed by atoms with Crippen molar-refractivity contribution < 1.29 is 9.47 Å². The first-order chi connectivity index (χ1) is 8.19. The quantitative estimate of drug-likeness (QED) is 0.856. The maximum Gasteiger partial charge on any atom is 0.0987 e. The lowest BCUT2D eigenvalue weighted by molar-refractivity contribution is -0.0511. The van der Waals surface area contributed by atoms with Gasteiger partial charge in [0.2, 0.25) is 0 Å². The van der Waals surface area contributed by atoms with Gasteiger partial charge >= 0.3 is 0 Å². The Balaban J connectivity index is 2.09. The summed E-state index contributed by atoms with van der Waals surface area (Å²) < 4.78 is 12.0. The first-order valence-electron chi connectivity index (χ1n) is 5.69. The molecule has 4 nitrogen and oxygen atoms in total. The molecular weight excluding hydrogens is 284 g/mol. The number of nitrogens with zero attached hydrogens (tertiary/aromatic N) is 2. The molecule has 2 heterocycles. The summed E-state index contributed by atoms with van der Waals surface area (Å²) in [5.74, 6) is 0. The van der Waals surface area contributed by atoms with Gasteiger partial charge in [-0.05, 0) is 28.9 Å². The number of methoxy groups -OCH3 is 1. The fourth-order valence-corrected chi connectivity index (χ4v) is 2.46. The molecule has 0 amide bonds. The van der Waals surface area contributed by atoms with E-state index in [0.29, 0.717) is 6.61 Å². The highest BCUT2D eigenvalue weighted by Gasteiger charge is 2.25. The molecule has 94 valence electrons. The Morgan fingerprint density at radius 3 is 3.06 bits per heavy atom. The fourth-order valence-electron chi connectivity index (χ4n) is 2.11. The van der Waals surface area contributed by atoms with Crippen molar-refractivity contribution in [3.63, 3.8) is 0 Å². The molecule has 2 rings (SSSR count). The van der Waals surface area contributed by atoms with Crippen molar-refractivity contribution in [2.45, 2.75) is 19.1 Å². The number of pyridine rings is 1. The average molecular weight is 301 g/mol. The summed E-state index contributed by atoms with van der Waals surface area (Å²) in [6.07, 6.45) is 4.01. The SMILES string of the molecule is COCC1CN(c2cncc(Br)c2)CC(C)O1. The van der Waals surface area contributed by atoms with Crippen LogP contribution in [0.5, 0.6) is 0 Å². The van der Waals surface area contributed by atoms with Gasteiger partial charge in [0.25, 0.3) is 0 Å². The standard InChI is InChI=1S/C12H17BrN2O2/c1-9-6-15(7-12(17-9)8-16-2)11-3-10(13)4-14-5-11/h3-5,9,12H,6-8H2,1-2H3. The van der Waals surface area contributed by atoms with Crippen LogP contribution in [0.3, 0.4) is 0 Å². The van der Waals surface area contributed by atoms with Crippen LogP contribution in [0.1, 0.15) is 6.92 Å². The Labute approximate surface area is 110 Å². The van der Waals surface area contributed by atoms with Gasteiger partial charge < -0.3 is 14.4 Å². The number of rotatable bonds is 3. The van der Waals surface area contributed by atoms with E-state index in [4.69, 9.17) is 9.47 Å². The first kappa shape index (κ1) is 12.8. The second-order valence-corrected chi connectivity index (χ2v) is 5.21. The van der Waals surface area contributed by atoms with Gasteiger partial charge in [0, 0.05) is 30.9 Å². The highest BCUT2D eigenvalue weighted by molar-refractivity contribution is 9.10. The molecule has 0 N–H and O–H groups in total. The Hall–Kier alpha value is -0.650. The molecule has 1 aromatic heterocycles. The maximum absolute atomic E-state index is 5.81. The number of hydrogen-bond acceptors (Lipinski definition) is 4. The largest absolute Gasteiger partial charge is 0.382 e. The molecular formula is C12H17BrN2O2. The van der Waals surface area contributed by atoms with Crippen LogP contribution in [0.4, 0.5) is 5.69 Å². The number of hydrogen-bond donors (Lipinski definition) is 0. The Morgan fingerprint density at radius 2 is 2.35 bits per heavy atom. The van der Waals surface area contributed by atoms with Crippen molar-refractivity contribution in [1.29, 1.82) is 0 Å². The van der Waals surface area contributed by atoms with E-state index in [1.807, 2.05) is 6.20 Å². The van der Waals surface area contributed by atoms with Crippen LogP contribution in [-0.2, 0) is 9.47 Å². The Kier molecular flexibility index (Phi) is 4.36. The van der Waals surface area contributed by atoms with E-state index in [1.165, 1.54) is 0 Å². The molecule has 5 heteroatoms. The van der Waals surface area contributed by atoms with Gasteiger partial charge in [0.15, 0.2) is 0 Å². The van der Waals surface area contributed by atoms with Crippen LogP contribution in [-0.4, -0.2) is 44.0 Å². The molecule has 1 saturated heterocycles. The molecule has 2 unspecified atom stereocenters. The zero-order valence-electron chi connectivity index (χ0n) is 10.1. The third kappa shape index (κ3) is 3.40. The van der Waals surface area contributed by atoms with E-state index in [9.17, 15) is 0 Å². The van der Waals surface area contributed by atoms with Gasteiger partial charge in [0.05, 0.1) is 30.7 Å². The average Bonchev–Trinajstić information content (AvgIpc) is 2.28. The summed E-state index contributed by atoms with van der Waals surface area (Å²) in [5.41, 5.74) is 1.12. The van der Waals surface area contributed by atoms with E-state index >= 15 is 0 Å². The molecule has 1 aliphatic rings. The van der Waals surface area contributed by atoms with Crippen molar-refractivity contribution in [3.05, 3.63) is 22.9 Å². The van der Waals surface area contributed by atoms with E-state index in [-0.39, 0.29) is 12.2 Å². The van der Waals surface area contributed by atoms with E-state index in [2.05, 4.69) is 38.8 Å². The minimum atomic E-state index is 0.128. The van der Waals surface area contributed by atoms with E-state index < -0.39 is 0 Å². The molecule has 1 aliphatic heterocycles. The van der Waals surface area contributed by atoms with Crippen molar-refractivity contribution in [3.8, 4) is 0 Å². The van der Waals surface area contributed by atoms with Crippen molar-refractivity contribution in [2.24, 2.45) is 0 Å². The molecule has 1 fully saturated rings. The minimum Gasteiger partial charge on any atom is -0.382 e. The van der Waals surface area contributed by atoms with Crippen LogP contribution in [0.25, 0.3) is 0 Å². The van der Waals surface area contributed by atoms with Crippen LogP contribution in [0.15, 0.2) is 22.9 Å². The monoisotopic (exact) mass is 300 g/mol. The normalized spacial score (nSPS) is 25.0. The smallest absolute Gasteiger partial charge is 0.0987 e. The maximum atomic E-state index is 5.81. The highest BCUT2D eigenvalue weighted by Crippen LogP contribution is 2.22. The summed E-state index contributed by atoms with van der Waals surface area (Å²) in [6.45, 7) is 4.44. The summed E-state index contributed by atoms with van der Waals surface area (Å²) in [6, 6.07) is 2.08. The molecule has 1 aromatic rings. The number of ether oxygens (including phenoxy) is 2. The second-order valence-electron chi connectivity index (χ2n) is 4.29. The number of anilines is 1. The zero-order valence-corrected chi connectivity index (χ0v) is 11.7. The summed E-state index contributed by atoms with van der Waals surface area (Å²) in [7, 11) is 1.70. The third-order valence-corrected chi connectivity index (χ3v) is 3.17. The zero-order chi connectivity index (χ0) is 12.3. The minimum absolute atomic E-state index is 0.128. The van der Waals surface area contributed by atoms with Crippen LogP contribution >= 0.6 is 15.9 Å². The Bertz CT molecular complexity index is 375. The fraction of sp³-hybridized carbons (Fsp3) is 0.583. The van der Waals surface area contributed by atoms with E-state index in [0.717, 1.165) is 23.2 Å². The number of aromatic nitrogens is 1. The summed E-state index contributed by atoms with van der Waals surface area (Å²) >= 11 is 3.44. The predicted molar refractivity (Wildman–Crippen MR) is 70.4 cm³/mol. The van der Waals surface area contributed by atoms with Gasteiger partial charge in [-0.2, -0.15) is 0 Å². The van der Waals surface area contributed by atoms with Crippen LogP contribution in [0, 0.1) is 0 Å². The lowest BCUT2D eigenvalue weighted by Gasteiger charge is -2.37. The van der Waals surface area contributed by atoms with Crippen LogP contribution < -0.4 is 4.90 Å². The second kappa shape index (κ2) is 5.80. The van der Waals surface area contributed by atoms with Gasteiger partial charge in [-0.3, -0.25) is 4.98 Å². The Morgan fingerprint density at radius 1 is 1.53 bits per heavy atom. The molecule has 0 spiro atoms. The predicted octanol–water partition coefficient (Wildman–Crippen LogP) is 2.08. The first-order valence-corrected chi connectivity index (χ1v) is 6.48. The molecule has 0 aromatic carbocycles. The third-order valence-electron chi connectivity index (χ3n) is 2.73. The van der Waals surface area contributed by atoms with Gasteiger partial charge in [-0.25, -0.2) is 0 Å². The molecule has 0 aliphatic carbocycles. The van der Waals surface area contributed by atoms with Crippen molar-refractivity contribution in [2.75, 3.05) is 31.7 Å². The lowest BCUT2D eigenvalue weighted by Crippen LogP contribution is -2.48. The van der Waals surface area contributed by atoms with Gasteiger partial charge in [-0.1, -0.05) is 0 Å².